The van der Waals surface area contributed by atoms with Gasteiger partial charge in [-0.2, -0.15) is 0 Å². The molecule has 18 heavy (non-hydrogen) atoms. The third-order valence-electron chi connectivity index (χ3n) is 3.35. The number of aromatic nitrogens is 2. The van der Waals surface area contributed by atoms with Crippen molar-refractivity contribution in [1.29, 1.82) is 0 Å². The van der Waals surface area contributed by atoms with Crippen LogP contribution in [0.3, 0.4) is 0 Å². The van der Waals surface area contributed by atoms with Crippen LogP contribution in [0, 0.1) is 5.82 Å². The van der Waals surface area contributed by atoms with Crippen LogP contribution in [0.5, 0.6) is 0 Å². The number of hydrogen-bond acceptors (Lipinski definition) is 1. The third kappa shape index (κ3) is 1.20. The molecule has 2 heterocycles. The lowest BCUT2D eigenvalue weighted by Crippen LogP contribution is -1.89. The van der Waals surface area contributed by atoms with Gasteiger partial charge in [0.05, 0.1) is 16.4 Å². The predicted octanol–water partition coefficient (Wildman–Crippen LogP) is 3.70. The summed E-state index contributed by atoms with van der Waals surface area (Å²) in [6.07, 6.45) is 2.60. The molecule has 1 aliphatic carbocycles. The maximum atomic E-state index is 13.2. The van der Waals surface area contributed by atoms with Crippen LogP contribution in [0.1, 0.15) is 11.3 Å². The minimum absolute atomic E-state index is 0.203. The van der Waals surface area contributed by atoms with E-state index < -0.39 is 0 Å². The molecule has 4 rings (SSSR count). The molecule has 0 unspecified atom stereocenters. The third-order valence-corrected chi connectivity index (χ3v) is 3.65. The maximum absolute atomic E-state index is 13.2. The summed E-state index contributed by atoms with van der Waals surface area (Å²) in [5.41, 5.74) is 4.79. The lowest BCUT2D eigenvalue weighted by molar-refractivity contribution is 0.626. The molecule has 0 fully saturated rings. The van der Waals surface area contributed by atoms with Gasteiger partial charge in [0.25, 0.3) is 0 Å². The van der Waals surface area contributed by atoms with Crippen molar-refractivity contribution in [3.05, 3.63) is 58.6 Å². The number of halogens is 2. The highest BCUT2D eigenvalue weighted by atomic mass is 35.5. The maximum Gasteiger partial charge on any atom is 0.156 e. The average Bonchev–Trinajstić information content (AvgIpc) is 2.85. The molecule has 0 saturated heterocycles. The van der Waals surface area contributed by atoms with Gasteiger partial charge >= 0.3 is 0 Å². The number of imidazole rings is 1. The Balaban J connectivity index is 2.10. The van der Waals surface area contributed by atoms with Crippen LogP contribution >= 0.6 is 11.6 Å². The molecule has 1 aromatic carbocycles. The quantitative estimate of drug-likeness (QED) is 0.470. The van der Waals surface area contributed by atoms with Crippen molar-refractivity contribution in [1.82, 2.24) is 9.38 Å². The molecular weight excluding hydrogens is 251 g/mol. The van der Waals surface area contributed by atoms with Gasteiger partial charge in [-0.1, -0.05) is 11.6 Å². The van der Waals surface area contributed by atoms with Crippen molar-refractivity contribution < 1.29 is 4.39 Å². The van der Waals surface area contributed by atoms with Crippen molar-refractivity contribution in [3.8, 4) is 11.3 Å². The number of benzene rings is 1. The molecule has 0 saturated carbocycles. The van der Waals surface area contributed by atoms with Crippen LogP contribution in [-0.2, 0) is 6.42 Å². The fraction of sp³-hybridized carbons (Fsp3) is 0.0714. The molecule has 1 aliphatic rings. The summed E-state index contributed by atoms with van der Waals surface area (Å²) >= 11 is 6.13. The molecule has 0 amide bonds. The average molecular weight is 259 g/mol. The van der Waals surface area contributed by atoms with Gasteiger partial charge in [-0.15, -0.1) is 0 Å². The first-order valence-electron chi connectivity index (χ1n) is 5.68. The molecule has 4 heteroatoms. The predicted molar refractivity (Wildman–Crippen MR) is 68.4 cm³/mol. The van der Waals surface area contributed by atoms with Gasteiger partial charge in [0.15, 0.2) is 5.65 Å². The van der Waals surface area contributed by atoms with Crippen LogP contribution in [-0.4, -0.2) is 9.38 Å². The Morgan fingerprint density at radius 2 is 2.17 bits per heavy atom. The Morgan fingerprint density at radius 1 is 1.28 bits per heavy atom. The van der Waals surface area contributed by atoms with Gasteiger partial charge in [0.2, 0.25) is 0 Å². The first kappa shape index (κ1) is 10.1. The van der Waals surface area contributed by atoms with Crippen LogP contribution in [0.25, 0.3) is 16.9 Å². The van der Waals surface area contributed by atoms with Gasteiger partial charge in [-0.25, -0.2) is 9.37 Å². The normalized spacial score (nSPS) is 12.8. The first-order chi connectivity index (χ1) is 8.74. The van der Waals surface area contributed by atoms with E-state index in [1.807, 2.05) is 28.8 Å². The van der Waals surface area contributed by atoms with Gasteiger partial charge < -0.3 is 0 Å². The fourth-order valence-electron chi connectivity index (χ4n) is 2.61. The van der Waals surface area contributed by atoms with Crippen molar-refractivity contribution in [3.63, 3.8) is 0 Å². The van der Waals surface area contributed by atoms with Gasteiger partial charge in [-0.3, -0.25) is 4.40 Å². The molecule has 0 spiro atoms. The summed E-state index contributed by atoms with van der Waals surface area (Å²) in [5, 5.41) is 0.635. The summed E-state index contributed by atoms with van der Waals surface area (Å²) in [6.45, 7) is 0. The summed E-state index contributed by atoms with van der Waals surface area (Å²) in [7, 11) is 0. The fourth-order valence-corrected chi connectivity index (χ4v) is 2.82. The Labute approximate surface area is 108 Å². The van der Waals surface area contributed by atoms with Gasteiger partial charge in [0, 0.05) is 18.2 Å². The number of fused-ring (bicyclic) bond motifs is 5. The molecule has 0 radical (unpaired) electrons. The van der Waals surface area contributed by atoms with E-state index in [-0.39, 0.29) is 5.82 Å². The second kappa shape index (κ2) is 3.33. The van der Waals surface area contributed by atoms with E-state index in [9.17, 15) is 4.39 Å². The Hall–Kier alpha value is -1.87. The van der Waals surface area contributed by atoms with Crippen LogP contribution in [0.15, 0.2) is 36.5 Å². The minimum Gasteiger partial charge on any atom is -0.298 e. The van der Waals surface area contributed by atoms with Gasteiger partial charge in [-0.05, 0) is 35.9 Å². The van der Waals surface area contributed by atoms with Crippen LogP contribution < -0.4 is 0 Å². The van der Waals surface area contributed by atoms with Crippen LogP contribution in [0.4, 0.5) is 4.39 Å². The van der Waals surface area contributed by atoms with Crippen molar-refractivity contribution in [2.24, 2.45) is 0 Å². The topological polar surface area (TPSA) is 17.3 Å². The van der Waals surface area contributed by atoms with E-state index in [1.165, 1.54) is 6.07 Å². The Bertz CT molecular complexity index is 792. The largest absolute Gasteiger partial charge is 0.298 e. The van der Waals surface area contributed by atoms with Crippen LogP contribution in [0.2, 0.25) is 5.02 Å². The number of rotatable bonds is 0. The monoisotopic (exact) mass is 258 g/mol. The lowest BCUT2D eigenvalue weighted by atomic mass is 10.1. The smallest absolute Gasteiger partial charge is 0.156 e. The van der Waals surface area contributed by atoms with E-state index in [0.29, 0.717) is 11.4 Å². The number of nitrogens with zero attached hydrogens (tertiary/aromatic N) is 2. The molecular formula is C14H8ClFN2. The van der Waals surface area contributed by atoms with E-state index in [2.05, 4.69) is 4.98 Å². The summed E-state index contributed by atoms with van der Waals surface area (Å²) < 4.78 is 15.2. The Kier molecular flexibility index (Phi) is 1.87. The first-order valence-corrected chi connectivity index (χ1v) is 6.06. The number of pyridine rings is 1. The second-order valence-corrected chi connectivity index (χ2v) is 4.84. The molecule has 2 aromatic heterocycles. The highest BCUT2D eigenvalue weighted by molar-refractivity contribution is 6.33. The second-order valence-electron chi connectivity index (χ2n) is 4.44. The van der Waals surface area contributed by atoms with Gasteiger partial charge in [0.1, 0.15) is 5.82 Å². The molecule has 3 aromatic rings. The zero-order chi connectivity index (χ0) is 12.3. The van der Waals surface area contributed by atoms with E-state index in [4.69, 9.17) is 11.6 Å². The molecule has 0 atom stereocenters. The number of hydrogen-bond donors (Lipinski definition) is 0. The van der Waals surface area contributed by atoms with E-state index in [0.717, 1.165) is 28.2 Å². The van der Waals surface area contributed by atoms with Crippen molar-refractivity contribution in [2.75, 3.05) is 0 Å². The molecule has 0 aliphatic heterocycles. The lowest BCUT2D eigenvalue weighted by Gasteiger charge is -2.03. The molecule has 0 N–H and O–H groups in total. The van der Waals surface area contributed by atoms with E-state index >= 15 is 0 Å². The van der Waals surface area contributed by atoms with E-state index in [1.54, 1.807) is 6.07 Å². The minimum atomic E-state index is -0.203. The SMILES string of the molecule is Fc1ccc2c(c1)Cc1nc3c(Cl)cccn3c1-2. The highest BCUT2D eigenvalue weighted by Gasteiger charge is 2.24. The zero-order valence-electron chi connectivity index (χ0n) is 9.32. The molecule has 88 valence electrons. The standard InChI is InChI=1S/C14H8ClFN2/c15-11-2-1-5-18-13-10-4-3-9(16)6-8(10)7-12(13)17-14(11)18/h1-6H,7H2. The van der Waals surface area contributed by atoms with Crippen molar-refractivity contribution in [2.45, 2.75) is 6.42 Å². The molecule has 0 bridgehead atoms. The summed E-state index contributed by atoms with van der Waals surface area (Å²) in [6, 6.07) is 8.58. The summed E-state index contributed by atoms with van der Waals surface area (Å²) in [4.78, 5) is 4.55. The van der Waals surface area contributed by atoms with Crippen molar-refractivity contribution >= 4 is 17.2 Å². The summed E-state index contributed by atoms with van der Waals surface area (Å²) in [5.74, 6) is -0.203. The zero-order valence-corrected chi connectivity index (χ0v) is 10.1. The Morgan fingerprint density at radius 3 is 3.06 bits per heavy atom. The highest BCUT2D eigenvalue weighted by Crippen LogP contribution is 2.38. The molecule has 2 nitrogen and oxygen atoms in total.